The molecule has 0 spiro atoms. The Morgan fingerprint density at radius 3 is 2.33 bits per heavy atom. The first-order valence-corrected chi connectivity index (χ1v) is 5.18. The van der Waals surface area contributed by atoms with Gasteiger partial charge in [0.1, 0.15) is 6.17 Å². The molecule has 1 nitrogen and oxygen atoms in total. The van der Waals surface area contributed by atoms with E-state index in [1.807, 2.05) is 0 Å². The summed E-state index contributed by atoms with van der Waals surface area (Å²) in [4.78, 5) is 0. The van der Waals surface area contributed by atoms with E-state index in [4.69, 9.17) is 5.73 Å². The van der Waals surface area contributed by atoms with Gasteiger partial charge < -0.3 is 5.73 Å². The lowest BCUT2D eigenvalue weighted by molar-refractivity contribution is 0.135. The van der Waals surface area contributed by atoms with Crippen LogP contribution in [0.15, 0.2) is 0 Å². The summed E-state index contributed by atoms with van der Waals surface area (Å²) in [6.45, 7) is 0. The summed E-state index contributed by atoms with van der Waals surface area (Å²) >= 11 is 0. The van der Waals surface area contributed by atoms with Crippen molar-refractivity contribution in [3.05, 3.63) is 0 Å². The van der Waals surface area contributed by atoms with Crippen LogP contribution in [-0.4, -0.2) is 12.2 Å². The number of nitrogens with two attached hydrogens (primary N) is 1. The lowest BCUT2D eigenvalue weighted by Crippen LogP contribution is -2.39. The second kappa shape index (κ2) is 3.33. The smallest absolute Gasteiger partial charge is 0.104 e. The van der Waals surface area contributed by atoms with E-state index in [-0.39, 0.29) is 12.0 Å². The van der Waals surface area contributed by atoms with Gasteiger partial charge in [-0.3, -0.25) is 0 Å². The van der Waals surface area contributed by atoms with Crippen molar-refractivity contribution in [1.29, 1.82) is 0 Å². The lowest BCUT2D eigenvalue weighted by Gasteiger charge is -2.30. The third-order valence-electron chi connectivity index (χ3n) is 3.39. The van der Waals surface area contributed by atoms with Gasteiger partial charge in [0.15, 0.2) is 0 Å². The summed E-state index contributed by atoms with van der Waals surface area (Å²) in [5.74, 6) is 0.845. The van der Waals surface area contributed by atoms with Crippen LogP contribution in [0.3, 0.4) is 0 Å². The van der Waals surface area contributed by atoms with Crippen LogP contribution in [-0.2, 0) is 0 Å². The summed E-state index contributed by atoms with van der Waals surface area (Å²) in [6, 6.07) is 0.167. The van der Waals surface area contributed by atoms with E-state index in [1.165, 1.54) is 19.3 Å². The second-order valence-electron chi connectivity index (χ2n) is 4.38. The highest BCUT2D eigenvalue weighted by Gasteiger charge is 2.38. The molecule has 2 unspecified atom stereocenters. The predicted molar refractivity (Wildman–Crippen MR) is 47.6 cm³/mol. The quantitative estimate of drug-likeness (QED) is 0.677. The number of halogens is 1. The van der Waals surface area contributed by atoms with Crippen LogP contribution in [0.5, 0.6) is 0 Å². The van der Waals surface area contributed by atoms with Crippen molar-refractivity contribution in [2.45, 2.75) is 50.7 Å². The van der Waals surface area contributed by atoms with E-state index in [0.29, 0.717) is 5.92 Å². The maximum absolute atomic E-state index is 13.4. The van der Waals surface area contributed by atoms with E-state index in [2.05, 4.69) is 0 Å². The van der Waals surface area contributed by atoms with Crippen LogP contribution in [0, 0.1) is 11.8 Å². The molecule has 0 amide bonds. The van der Waals surface area contributed by atoms with Gasteiger partial charge in [-0.1, -0.05) is 12.8 Å². The SMILES string of the molecule is N[C@@H](C1CC1)C1CCCCC1F. The highest BCUT2D eigenvalue weighted by molar-refractivity contribution is 4.92. The topological polar surface area (TPSA) is 26.0 Å². The van der Waals surface area contributed by atoms with Crippen molar-refractivity contribution < 1.29 is 4.39 Å². The molecule has 12 heavy (non-hydrogen) atoms. The zero-order valence-electron chi connectivity index (χ0n) is 7.51. The lowest BCUT2D eigenvalue weighted by atomic mass is 9.81. The van der Waals surface area contributed by atoms with Crippen molar-refractivity contribution in [1.82, 2.24) is 0 Å². The van der Waals surface area contributed by atoms with Crippen molar-refractivity contribution in [3.8, 4) is 0 Å². The fourth-order valence-electron chi connectivity index (χ4n) is 2.38. The fraction of sp³-hybridized carbons (Fsp3) is 1.00. The average molecular weight is 171 g/mol. The Morgan fingerprint density at radius 1 is 1.08 bits per heavy atom. The minimum atomic E-state index is -0.602. The first-order chi connectivity index (χ1) is 5.79. The van der Waals surface area contributed by atoms with E-state index in [9.17, 15) is 4.39 Å². The molecule has 2 N–H and O–H groups in total. The molecule has 2 saturated carbocycles. The summed E-state index contributed by atoms with van der Waals surface area (Å²) in [5.41, 5.74) is 6.00. The Balaban J connectivity index is 1.90. The molecular weight excluding hydrogens is 153 g/mol. The van der Waals surface area contributed by atoms with Crippen molar-refractivity contribution in [2.24, 2.45) is 17.6 Å². The molecule has 2 heteroatoms. The normalized spacial score (nSPS) is 39.5. The number of hydrogen-bond acceptors (Lipinski definition) is 1. The monoisotopic (exact) mass is 171 g/mol. The Bertz CT molecular complexity index is 156. The van der Waals surface area contributed by atoms with E-state index >= 15 is 0 Å². The van der Waals surface area contributed by atoms with Crippen LogP contribution in [0.25, 0.3) is 0 Å². The van der Waals surface area contributed by atoms with Gasteiger partial charge in [-0.2, -0.15) is 0 Å². The number of rotatable bonds is 2. The Labute approximate surface area is 73.5 Å². The van der Waals surface area contributed by atoms with Crippen LogP contribution in [0.1, 0.15) is 38.5 Å². The Kier molecular flexibility index (Phi) is 2.35. The zero-order valence-corrected chi connectivity index (χ0v) is 7.51. The Hall–Kier alpha value is -0.110. The van der Waals surface area contributed by atoms with Gasteiger partial charge >= 0.3 is 0 Å². The highest BCUT2D eigenvalue weighted by atomic mass is 19.1. The fourth-order valence-corrected chi connectivity index (χ4v) is 2.38. The molecular formula is C10H18FN. The van der Waals surface area contributed by atoms with Crippen LogP contribution < -0.4 is 5.73 Å². The largest absolute Gasteiger partial charge is 0.327 e. The first-order valence-electron chi connectivity index (χ1n) is 5.18. The van der Waals surface area contributed by atoms with Crippen molar-refractivity contribution in [2.75, 3.05) is 0 Å². The molecule has 3 atom stereocenters. The van der Waals surface area contributed by atoms with Gasteiger partial charge in [-0.15, -0.1) is 0 Å². The Morgan fingerprint density at radius 2 is 1.75 bits per heavy atom. The average Bonchev–Trinajstić information content (AvgIpc) is 2.86. The molecule has 0 radical (unpaired) electrons. The van der Waals surface area contributed by atoms with Gasteiger partial charge in [0.05, 0.1) is 0 Å². The third kappa shape index (κ3) is 1.63. The zero-order chi connectivity index (χ0) is 8.55. The molecule has 2 fully saturated rings. The molecule has 0 heterocycles. The van der Waals surface area contributed by atoms with Gasteiger partial charge in [-0.05, 0) is 31.6 Å². The molecule has 2 aliphatic rings. The standard InChI is InChI=1S/C10H18FN/c11-9-4-2-1-3-8(9)10(12)7-5-6-7/h7-10H,1-6,12H2/t8?,9?,10-/m0/s1. The maximum atomic E-state index is 13.4. The van der Waals surface area contributed by atoms with Crippen LogP contribution in [0.4, 0.5) is 4.39 Å². The van der Waals surface area contributed by atoms with E-state index < -0.39 is 6.17 Å². The van der Waals surface area contributed by atoms with Gasteiger partial charge in [-0.25, -0.2) is 4.39 Å². The van der Waals surface area contributed by atoms with Crippen molar-refractivity contribution in [3.63, 3.8) is 0 Å². The molecule has 0 aliphatic heterocycles. The molecule has 0 aromatic heterocycles. The van der Waals surface area contributed by atoms with Gasteiger partial charge in [0.25, 0.3) is 0 Å². The first kappa shape index (κ1) is 8.49. The predicted octanol–water partition coefficient (Wildman–Crippen LogP) is 2.25. The highest BCUT2D eigenvalue weighted by Crippen LogP contribution is 2.40. The minimum absolute atomic E-state index is 0.167. The van der Waals surface area contributed by atoms with E-state index in [1.54, 1.807) is 0 Å². The molecule has 0 bridgehead atoms. The summed E-state index contributed by atoms with van der Waals surface area (Å²) in [5, 5.41) is 0. The minimum Gasteiger partial charge on any atom is -0.327 e. The van der Waals surface area contributed by atoms with Crippen molar-refractivity contribution >= 4 is 0 Å². The summed E-state index contributed by atoms with van der Waals surface area (Å²) in [6.07, 6.45) is 5.91. The number of hydrogen-bond donors (Lipinski definition) is 1. The summed E-state index contributed by atoms with van der Waals surface area (Å²) < 4.78 is 13.4. The molecule has 0 aromatic carbocycles. The van der Waals surface area contributed by atoms with E-state index in [0.717, 1.165) is 19.3 Å². The molecule has 0 aromatic rings. The second-order valence-corrected chi connectivity index (χ2v) is 4.38. The van der Waals surface area contributed by atoms with Gasteiger partial charge in [0, 0.05) is 12.0 Å². The van der Waals surface area contributed by atoms with Crippen LogP contribution in [0.2, 0.25) is 0 Å². The molecule has 2 aliphatic carbocycles. The number of alkyl halides is 1. The molecule has 70 valence electrons. The van der Waals surface area contributed by atoms with Crippen LogP contribution >= 0.6 is 0 Å². The molecule has 0 saturated heterocycles. The molecule has 2 rings (SSSR count). The van der Waals surface area contributed by atoms with Gasteiger partial charge in [0.2, 0.25) is 0 Å². The third-order valence-corrected chi connectivity index (χ3v) is 3.39. The maximum Gasteiger partial charge on any atom is 0.104 e. The summed E-state index contributed by atoms with van der Waals surface area (Å²) in [7, 11) is 0.